The van der Waals surface area contributed by atoms with Gasteiger partial charge in [0.2, 0.25) is 17.7 Å². The molecule has 3 aliphatic heterocycles. The Morgan fingerprint density at radius 2 is 1.82 bits per heavy atom. The molecule has 2 N–H and O–H groups in total. The number of carbonyl (C=O) groups is 1. The van der Waals surface area contributed by atoms with Crippen LogP contribution in [-0.2, 0) is 17.8 Å². The Hall–Kier alpha value is -5.96. The monoisotopic (exact) mass is 832 g/mol. The van der Waals surface area contributed by atoms with Crippen molar-refractivity contribution in [3.63, 3.8) is 0 Å². The summed E-state index contributed by atoms with van der Waals surface area (Å²) in [5.41, 5.74) is 4.17. The summed E-state index contributed by atoms with van der Waals surface area (Å²) in [5, 5.41) is 22.1. The average Bonchev–Trinajstić information content (AvgIpc) is 3.60. The maximum atomic E-state index is 13.1. The zero-order valence-electron chi connectivity index (χ0n) is 33.3. The number of aromatic nitrogens is 4. The lowest BCUT2D eigenvalue weighted by Crippen LogP contribution is -2.49. The summed E-state index contributed by atoms with van der Waals surface area (Å²) in [7, 11) is 2.12. The number of hydrogen-bond acceptors (Lipinski definition) is 13. The lowest BCUT2D eigenvalue weighted by molar-refractivity contribution is -0.145. The summed E-state index contributed by atoms with van der Waals surface area (Å²) in [6, 6.07) is 17.7. The van der Waals surface area contributed by atoms with Gasteiger partial charge in [-0.05, 0) is 80.4 Å². The summed E-state index contributed by atoms with van der Waals surface area (Å²) < 4.78 is 32.4. The van der Waals surface area contributed by atoms with E-state index < -0.39 is 18.2 Å². The van der Waals surface area contributed by atoms with E-state index in [1.165, 1.54) is 6.33 Å². The van der Waals surface area contributed by atoms with Crippen LogP contribution in [-0.4, -0.2) is 105 Å². The number of phenols is 1. The van der Waals surface area contributed by atoms with Gasteiger partial charge in [-0.1, -0.05) is 36.2 Å². The van der Waals surface area contributed by atoms with E-state index in [0.29, 0.717) is 62.6 Å². The van der Waals surface area contributed by atoms with Gasteiger partial charge in [0.1, 0.15) is 59.8 Å². The van der Waals surface area contributed by atoms with Crippen LogP contribution in [0.3, 0.4) is 0 Å². The number of carboxylic acid groups (broad SMARTS) is 1. The Morgan fingerprint density at radius 1 is 0.983 bits per heavy atom. The molecule has 0 spiro atoms. The second-order valence-corrected chi connectivity index (χ2v) is 16.0. The quantitative estimate of drug-likeness (QED) is 0.157. The van der Waals surface area contributed by atoms with Crippen molar-refractivity contribution in [1.82, 2.24) is 29.7 Å². The number of aliphatic carboxylic acids is 1. The first-order chi connectivity index (χ1) is 29.2. The van der Waals surface area contributed by atoms with E-state index in [-0.39, 0.29) is 37.2 Å². The molecule has 1 aliphatic carbocycles. The molecule has 10 rings (SSSR count). The van der Waals surface area contributed by atoms with Crippen molar-refractivity contribution in [3.05, 3.63) is 101 Å². The number of ether oxygens (including phenoxy) is 4. The van der Waals surface area contributed by atoms with Gasteiger partial charge in [0.25, 0.3) is 0 Å². The van der Waals surface area contributed by atoms with Gasteiger partial charge in [-0.25, -0.2) is 24.7 Å². The first kappa shape index (κ1) is 39.5. The smallest absolute Gasteiger partial charge is 0.345 e. The zero-order chi connectivity index (χ0) is 41.3. The molecule has 15 heteroatoms. The Bertz CT molecular complexity index is 2540. The summed E-state index contributed by atoms with van der Waals surface area (Å²) in [6.45, 7) is 6.42. The lowest BCUT2D eigenvalue weighted by Gasteiger charge is -2.34. The topological polar surface area (TPSA) is 166 Å². The molecule has 6 heterocycles. The van der Waals surface area contributed by atoms with Crippen LogP contribution in [0.15, 0.2) is 77.6 Å². The third-order valence-electron chi connectivity index (χ3n) is 11.6. The van der Waals surface area contributed by atoms with E-state index in [9.17, 15) is 15.0 Å². The normalized spacial score (nSPS) is 18.9. The highest BCUT2D eigenvalue weighted by Crippen LogP contribution is 2.49. The molecule has 2 fully saturated rings. The molecule has 4 bridgehead atoms. The van der Waals surface area contributed by atoms with Crippen molar-refractivity contribution >= 4 is 28.7 Å². The van der Waals surface area contributed by atoms with Crippen LogP contribution in [0, 0.1) is 6.92 Å². The summed E-state index contributed by atoms with van der Waals surface area (Å²) >= 11 is 7.19. The number of phenolic OH excluding ortho intramolecular Hbond substituents is 1. The molecule has 2 atom stereocenters. The SMILES string of the molecule is Cc1c2ccc(c1Cl)O[C@H](CN1CCN(C)CC1)COc1ccc(OCc3ccnc(-c4ccccc4O)n3)c(c1)C[C@H](C(=O)O)Oc1ncnc3oc(C4CCC4)c-2c13. The van der Waals surface area contributed by atoms with Crippen molar-refractivity contribution < 1.29 is 38.4 Å². The third-order valence-corrected chi connectivity index (χ3v) is 12.0. The van der Waals surface area contributed by atoms with Crippen molar-refractivity contribution in [2.24, 2.45) is 0 Å². The van der Waals surface area contributed by atoms with Crippen molar-refractivity contribution in [3.8, 4) is 51.4 Å². The molecule has 0 unspecified atom stereocenters. The van der Waals surface area contributed by atoms with Gasteiger partial charge in [0.15, 0.2) is 5.82 Å². The van der Waals surface area contributed by atoms with E-state index in [0.717, 1.165) is 67.9 Å². The number of para-hydroxylation sites is 1. The third kappa shape index (κ3) is 8.14. The fraction of sp³-hybridized carbons (Fsp3) is 0.356. The second kappa shape index (κ2) is 17.0. The maximum absolute atomic E-state index is 13.1. The number of fused-ring (bicyclic) bond motifs is 7. The number of benzene rings is 3. The van der Waals surface area contributed by atoms with Crippen LogP contribution in [0.4, 0.5) is 0 Å². The number of nitrogens with zero attached hydrogens (tertiary/aromatic N) is 6. The van der Waals surface area contributed by atoms with Gasteiger partial charge in [-0.15, -0.1) is 0 Å². The molecule has 60 heavy (non-hydrogen) atoms. The fourth-order valence-corrected chi connectivity index (χ4v) is 8.16. The highest BCUT2D eigenvalue weighted by atomic mass is 35.5. The average molecular weight is 833 g/mol. The first-order valence-corrected chi connectivity index (χ1v) is 20.6. The van der Waals surface area contributed by atoms with Crippen LogP contribution in [0.1, 0.15) is 47.8 Å². The molecule has 6 aromatic rings. The van der Waals surface area contributed by atoms with E-state index in [2.05, 4.69) is 36.8 Å². The number of carboxylic acids is 1. The van der Waals surface area contributed by atoms with Crippen molar-refractivity contribution in [2.75, 3.05) is 46.4 Å². The van der Waals surface area contributed by atoms with Gasteiger partial charge in [0, 0.05) is 62.4 Å². The number of piperazine rings is 1. The Balaban J connectivity index is 1.11. The molecular formula is C45H45ClN6O8. The Morgan fingerprint density at radius 3 is 2.60 bits per heavy atom. The molecule has 1 saturated carbocycles. The highest BCUT2D eigenvalue weighted by Gasteiger charge is 2.34. The minimum absolute atomic E-state index is 0.0298. The minimum Gasteiger partial charge on any atom is -0.507 e. The van der Waals surface area contributed by atoms with Crippen LogP contribution in [0.25, 0.3) is 33.6 Å². The summed E-state index contributed by atoms with van der Waals surface area (Å²) in [4.78, 5) is 35.8. The number of rotatable bonds is 8. The highest BCUT2D eigenvalue weighted by molar-refractivity contribution is 6.33. The molecule has 310 valence electrons. The molecule has 14 nitrogen and oxygen atoms in total. The first-order valence-electron chi connectivity index (χ1n) is 20.2. The van der Waals surface area contributed by atoms with Gasteiger partial charge >= 0.3 is 5.97 Å². The number of halogens is 1. The Kier molecular flexibility index (Phi) is 11.2. The van der Waals surface area contributed by atoms with E-state index in [1.807, 2.05) is 19.1 Å². The van der Waals surface area contributed by atoms with Crippen LogP contribution in [0.5, 0.6) is 28.9 Å². The summed E-state index contributed by atoms with van der Waals surface area (Å²) in [6.07, 6.45) is 3.96. The van der Waals surface area contributed by atoms with E-state index in [1.54, 1.807) is 54.7 Å². The zero-order valence-corrected chi connectivity index (χ0v) is 34.1. The molecule has 0 radical (unpaired) electrons. The minimum atomic E-state index is -1.40. The molecule has 0 amide bonds. The molecule has 3 aromatic heterocycles. The van der Waals surface area contributed by atoms with E-state index in [4.69, 9.17) is 35.0 Å². The van der Waals surface area contributed by atoms with E-state index >= 15 is 0 Å². The fourth-order valence-electron chi connectivity index (χ4n) is 7.95. The van der Waals surface area contributed by atoms with Crippen molar-refractivity contribution in [1.29, 1.82) is 0 Å². The van der Waals surface area contributed by atoms with Crippen LogP contribution in [0.2, 0.25) is 5.02 Å². The van der Waals surface area contributed by atoms with Gasteiger partial charge < -0.3 is 38.5 Å². The van der Waals surface area contributed by atoms with Crippen LogP contribution < -0.4 is 18.9 Å². The van der Waals surface area contributed by atoms with Crippen molar-refractivity contribution in [2.45, 2.75) is 57.3 Å². The Labute approximate surface area is 351 Å². The number of aromatic hydroxyl groups is 1. The van der Waals surface area contributed by atoms with Gasteiger partial charge in [0.05, 0.1) is 16.3 Å². The molecule has 3 aromatic carbocycles. The lowest BCUT2D eigenvalue weighted by atomic mass is 9.80. The molecule has 1 saturated heterocycles. The largest absolute Gasteiger partial charge is 0.507 e. The number of hydrogen-bond donors (Lipinski definition) is 2. The predicted octanol–water partition coefficient (Wildman–Crippen LogP) is 7.32. The standard InChI is InChI=1S/C45H45ClN6O8/c1-26-32-11-13-36(40(26)46)58-31(22-52-18-16-51(2)17-19-52)24-56-30-10-12-35(57-23-29-14-15-47-42(50-29)33-8-3-4-9-34(33)53)28(20-30)21-37(45(54)55)59-43-39-38(32)41(27-6-5-7-27)60-44(39)49-25-48-43/h3-4,8-15,20,25,27,31,37,53H,5-7,16-19,21-24H2,1-2H3,(H,54,55)/t31-,37-/m1/s1. The molecule has 4 aliphatic rings. The van der Waals surface area contributed by atoms with Crippen LogP contribution >= 0.6 is 11.6 Å². The number of furan rings is 1. The number of likely N-dealkylation sites (N-methyl/N-ethyl adjacent to an activating group) is 1. The second-order valence-electron chi connectivity index (χ2n) is 15.6. The van der Waals surface area contributed by atoms with Gasteiger partial charge in [-0.3, -0.25) is 4.90 Å². The predicted molar refractivity (Wildman–Crippen MR) is 223 cm³/mol. The maximum Gasteiger partial charge on any atom is 0.345 e. The molecular weight excluding hydrogens is 788 g/mol. The summed E-state index contributed by atoms with van der Waals surface area (Å²) in [5.74, 6) is 1.61. The van der Waals surface area contributed by atoms with Gasteiger partial charge in [-0.2, -0.15) is 0 Å².